The van der Waals surface area contributed by atoms with Crippen molar-refractivity contribution >= 4 is 0 Å². The van der Waals surface area contributed by atoms with Gasteiger partial charge in [0.15, 0.2) is 0 Å². The Labute approximate surface area is 94.3 Å². The van der Waals surface area contributed by atoms with Gasteiger partial charge in [0.2, 0.25) is 0 Å². The Kier molecular flexibility index (Phi) is 3.48. The summed E-state index contributed by atoms with van der Waals surface area (Å²) in [5, 5.41) is 38.3. The molecule has 1 heterocycles. The smallest absolute Gasteiger partial charge is 0.108 e. The van der Waals surface area contributed by atoms with Gasteiger partial charge in [-0.2, -0.15) is 0 Å². The average Bonchev–Trinajstić information content (AvgIpc) is 2.98. The van der Waals surface area contributed by atoms with Crippen LogP contribution < -0.4 is 5.73 Å². The van der Waals surface area contributed by atoms with Gasteiger partial charge in [0.1, 0.15) is 6.10 Å². The van der Waals surface area contributed by atoms with E-state index < -0.39 is 18.3 Å². The fraction of sp³-hybridized carbons (Fsp3) is 1.00. The highest BCUT2D eigenvalue weighted by atomic mass is 16.4. The Morgan fingerprint density at radius 2 is 1.69 bits per heavy atom. The fourth-order valence-electron chi connectivity index (χ4n) is 2.86. The third kappa shape index (κ3) is 1.75. The SMILES string of the molecule is NCCCN1C2C(O)C(O)C(O)C(CO)C21. The van der Waals surface area contributed by atoms with Crippen LogP contribution in [0.25, 0.3) is 0 Å². The summed E-state index contributed by atoms with van der Waals surface area (Å²) in [7, 11) is 0. The zero-order chi connectivity index (χ0) is 11.9. The lowest BCUT2D eigenvalue weighted by molar-refractivity contribution is -0.105. The van der Waals surface area contributed by atoms with E-state index in [1.54, 1.807) is 0 Å². The van der Waals surface area contributed by atoms with Gasteiger partial charge in [0, 0.05) is 18.5 Å². The van der Waals surface area contributed by atoms with E-state index in [4.69, 9.17) is 5.73 Å². The van der Waals surface area contributed by atoms with Crippen molar-refractivity contribution in [2.24, 2.45) is 11.7 Å². The molecule has 0 radical (unpaired) electrons. The standard InChI is InChI=1S/C10H20N2O4/c11-2-1-3-12-6-5(4-13)8(14)10(16)9(15)7(6)12/h5-10,13-16H,1-4,11H2. The maximum Gasteiger partial charge on any atom is 0.108 e. The minimum absolute atomic E-state index is 0.0232. The quantitative estimate of drug-likeness (QED) is 0.332. The number of aliphatic hydroxyl groups excluding tert-OH is 4. The van der Waals surface area contributed by atoms with Crippen LogP contribution in [0, 0.1) is 5.92 Å². The van der Waals surface area contributed by atoms with E-state index in [1.165, 1.54) is 0 Å². The van der Waals surface area contributed by atoms with Crippen LogP contribution in [0.15, 0.2) is 0 Å². The molecule has 2 fully saturated rings. The molecule has 1 saturated carbocycles. The molecule has 0 aromatic rings. The third-order valence-corrected chi connectivity index (χ3v) is 3.78. The highest BCUT2D eigenvalue weighted by Gasteiger charge is 2.63. The lowest BCUT2D eigenvalue weighted by atomic mass is 9.83. The number of nitrogens with two attached hydrogens (primary N) is 1. The van der Waals surface area contributed by atoms with Gasteiger partial charge in [-0.05, 0) is 13.0 Å². The lowest BCUT2D eigenvalue weighted by Crippen LogP contribution is -2.52. The van der Waals surface area contributed by atoms with E-state index in [0.29, 0.717) is 6.54 Å². The Hall–Kier alpha value is -0.240. The molecular weight excluding hydrogens is 212 g/mol. The fourth-order valence-corrected chi connectivity index (χ4v) is 2.86. The average molecular weight is 232 g/mol. The zero-order valence-corrected chi connectivity index (χ0v) is 9.11. The van der Waals surface area contributed by atoms with Crippen molar-refractivity contribution in [3.05, 3.63) is 0 Å². The molecule has 6 N–H and O–H groups in total. The topological polar surface area (TPSA) is 110 Å². The van der Waals surface area contributed by atoms with Gasteiger partial charge < -0.3 is 26.2 Å². The summed E-state index contributed by atoms with van der Waals surface area (Å²) in [5.41, 5.74) is 5.41. The lowest BCUT2D eigenvalue weighted by Gasteiger charge is -2.32. The maximum absolute atomic E-state index is 9.78. The van der Waals surface area contributed by atoms with Crippen molar-refractivity contribution in [1.82, 2.24) is 4.90 Å². The van der Waals surface area contributed by atoms with Gasteiger partial charge >= 0.3 is 0 Å². The summed E-state index contributed by atoms with van der Waals surface area (Å²) in [4.78, 5) is 2.00. The van der Waals surface area contributed by atoms with Crippen molar-refractivity contribution in [2.45, 2.75) is 36.8 Å². The van der Waals surface area contributed by atoms with Crippen LogP contribution in [0.2, 0.25) is 0 Å². The van der Waals surface area contributed by atoms with Crippen molar-refractivity contribution < 1.29 is 20.4 Å². The van der Waals surface area contributed by atoms with Crippen molar-refractivity contribution in [3.63, 3.8) is 0 Å². The first-order valence-electron chi connectivity index (χ1n) is 5.74. The number of hydrogen-bond acceptors (Lipinski definition) is 6. The first kappa shape index (κ1) is 12.2. The van der Waals surface area contributed by atoms with Gasteiger partial charge in [-0.25, -0.2) is 0 Å². The van der Waals surface area contributed by atoms with Gasteiger partial charge in [-0.15, -0.1) is 0 Å². The molecule has 0 bridgehead atoms. The minimum atomic E-state index is -1.17. The first-order valence-corrected chi connectivity index (χ1v) is 5.74. The Bertz CT molecular complexity index is 253. The summed E-state index contributed by atoms with van der Waals surface area (Å²) in [6.07, 6.45) is -2.34. The number of hydrogen-bond donors (Lipinski definition) is 5. The van der Waals surface area contributed by atoms with Crippen LogP contribution in [0.4, 0.5) is 0 Å². The molecule has 0 spiro atoms. The number of nitrogens with zero attached hydrogens (tertiary/aromatic N) is 1. The molecule has 7 unspecified atom stereocenters. The van der Waals surface area contributed by atoms with E-state index >= 15 is 0 Å². The van der Waals surface area contributed by atoms with Crippen LogP contribution in [0.5, 0.6) is 0 Å². The van der Waals surface area contributed by atoms with Crippen molar-refractivity contribution in [3.8, 4) is 0 Å². The largest absolute Gasteiger partial charge is 0.396 e. The molecule has 0 aromatic heterocycles. The van der Waals surface area contributed by atoms with Gasteiger partial charge in [-0.3, -0.25) is 4.90 Å². The predicted molar refractivity (Wildman–Crippen MR) is 56.5 cm³/mol. The molecular formula is C10H20N2O4. The minimum Gasteiger partial charge on any atom is -0.396 e. The summed E-state index contributed by atoms with van der Waals surface area (Å²) in [6.45, 7) is 1.13. The molecule has 6 heteroatoms. The highest BCUT2D eigenvalue weighted by molar-refractivity contribution is 5.17. The van der Waals surface area contributed by atoms with Crippen LogP contribution in [0.1, 0.15) is 6.42 Å². The second-order valence-corrected chi connectivity index (χ2v) is 4.68. The van der Waals surface area contributed by atoms with Crippen LogP contribution in [-0.2, 0) is 0 Å². The monoisotopic (exact) mass is 232 g/mol. The molecule has 0 aromatic carbocycles. The van der Waals surface area contributed by atoms with Crippen LogP contribution in [-0.4, -0.2) is 75.4 Å². The van der Waals surface area contributed by atoms with Gasteiger partial charge in [0.05, 0.1) is 24.9 Å². The molecule has 94 valence electrons. The van der Waals surface area contributed by atoms with Crippen LogP contribution in [0.3, 0.4) is 0 Å². The van der Waals surface area contributed by atoms with Crippen LogP contribution >= 0.6 is 0 Å². The summed E-state index contributed by atoms with van der Waals surface area (Å²) >= 11 is 0. The zero-order valence-electron chi connectivity index (χ0n) is 9.11. The summed E-state index contributed by atoms with van der Waals surface area (Å²) in [6, 6.07) is -0.160. The molecule has 2 rings (SSSR count). The van der Waals surface area contributed by atoms with E-state index in [1.807, 2.05) is 4.90 Å². The number of likely N-dealkylation sites (tertiary alicyclic amines) is 1. The molecule has 2 aliphatic rings. The van der Waals surface area contributed by atoms with Gasteiger partial charge in [-0.1, -0.05) is 0 Å². The van der Waals surface area contributed by atoms with Gasteiger partial charge in [0.25, 0.3) is 0 Å². The summed E-state index contributed by atoms with van der Waals surface area (Å²) in [5.74, 6) is -0.374. The van der Waals surface area contributed by atoms with E-state index in [0.717, 1.165) is 13.0 Å². The second-order valence-electron chi connectivity index (χ2n) is 4.68. The Morgan fingerprint density at radius 1 is 1.00 bits per heavy atom. The third-order valence-electron chi connectivity index (χ3n) is 3.78. The van der Waals surface area contributed by atoms with E-state index in [-0.39, 0.29) is 24.6 Å². The predicted octanol–water partition coefficient (Wildman–Crippen LogP) is -2.91. The number of rotatable bonds is 4. The molecule has 7 atom stereocenters. The Balaban J connectivity index is 2.03. The normalized spacial score (nSPS) is 51.2. The molecule has 6 nitrogen and oxygen atoms in total. The number of fused-ring (bicyclic) bond motifs is 1. The molecule has 1 aliphatic heterocycles. The first-order chi connectivity index (χ1) is 7.63. The summed E-state index contributed by atoms with van der Waals surface area (Å²) < 4.78 is 0. The van der Waals surface area contributed by atoms with E-state index in [2.05, 4.69) is 0 Å². The molecule has 1 aliphatic carbocycles. The van der Waals surface area contributed by atoms with Crippen molar-refractivity contribution in [2.75, 3.05) is 19.7 Å². The highest BCUT2D eigenvalue weighted by Crippen LogP contribution is 2.44. The van der Waals surface area contributed by atoms with Crippen molar-refractivity contribution in [1.29, 1.82) is 0 Å². The van der Waals surface area contributed by atoms with E-state index in [9.17, 15) is 20.4 Å². The number of aliphatic hydroxyl groups is 4. The Morgan fingerprint density at radius 3 is 2.25 bits per heavy atom. The maximum atomic E-state index is 9.78. The molecule has 16 heavy (non-hydrogen) atoms. The molecule has 1 saturated heterocycles. The molecule has 0 amide bonds. The second kappa shape index (κ2) is 4.56.